The molecule has 0 aliphatic heterocycles. The van der Waals surface area contributed by atoms with Gasteiger partial charge in [0.25, 0.3) is 0 Å². The van der Waals surface area contributed by atoms with Crippen LogP contribution in [0.2, 0.25) is 0 Å². The van der Waals surface area contributed by atoms with E-state index in [-0.39, 0.29) is 11.7 Å². The van der Waals surface area contributed by atoms with Gasteiger partial charge in [0.2, 0.25) is 5.91 Å². The number of nitrogens with zero attached hydrogens (tertiary/aromatic N) is 2. The van der Waals surface area contributed by atoms with Crippen LogP contribution in [-0.2, 0) is 4.79 Å². The summed E-state index contributed by atoms with van der Waals surface area (Å²) in [5.41, 5.74) is 2.87. The smallest absolute Gasteiger partial charge is 0.234 e. The summed E-state index contributed by atoms with van der Waals surface area (Å²) in [6.45, 7) is 2.05. The average molecular weight is 353 g/mol. The van der Waals surface area contributed by atoms with Gasteiger partial charge in [-0.15, -0.1) is 0 Å². The molecule has 0 aliphatic carbocycles. The van der Waals surface area contributed by atoms with Crippen molar-refractivity contribution in [2.75, 3.05) is 18.2 Å². The van der Waals surface area contributed by atoms with Crippen LogP contribution in [0.15, 0.2) is 66.1 Å². The van der Waals surface area contributed by atoms with Gasteiger partial charge < -0.3 is 10.1 Å². The molecule has 0 atom stereocenters. The van der Waals surface area contributed by atoms with Crippen LogP contribution in [-0.4, -0.2) is 28.3 Å². The molecule has 2 aromatic carbocycles. The molecule has 6 heteroatoms. The van der Waals surface area contributed by atoms with Crippen molar-refractivity contribution in [3.05, 3.63) is 66.5 Å². The highest BCUT2D eigenvalue weighted by molar-refractivity contribution is 7.99. The molecule has 0 spiro atoms. The lowest BCUT2D eigenvalue weighted by Crippen LogP contribution is -2.15. The van der Waals surface area contributed by atoms with Gasteiger partial charge in [-0.2, -0.15) is 0 Å². The fourth-order valence-electron chi connectivity index (χ4n) is 2.44. The number of para-hydroxylation sites is 2. The van der Waals surface area contributed by atoms with Gasteiger partial charge in [0.05, 0.1) is 18.6 Å². The number of imidazole rings is 1. The number of benzene rings is 2. The van der Waals surface area contributed by atoms with Gasteiger partial charge in [-0.1, -0.05) is 36.0 Å². The highest BCUT2D eigenvalue weighted by atomic mass is 32.2. The minimum Gasteiger partial charge on any atom is -0.495 e. The summed E-state index contributed by atoms with van der Waals surface area (Å²) >= 11 is 1.39. The summed E-state index contributed by atoms with van der Waals surface area (Å²) in [5, 5.41) is 3.65. The maximum absolute atomic E-state index is 12.3. The molecule has 0 fully saturated rings. The summed E-state index contributed by atoms with van der Waals surface area (Å²) < 4.78 is 7.23. The molecule has 3 aromatic rings. The Morgan fingerprint density at radius 3 is 2.88 bits per heavy atom. The van der Waals surface area contributed by atoms with E-state index in [1.54, 1.807) is 13.3 Å². The summed E-state index contributed by atoms with van der Waals surface area (Å²) in [4.78, 5) is 16.6. The average Bonchev–Trinajstić information content (AvgIpc) is 3.09. The van der Waals surface area contributed by atoms with Crippen LogP contribution in [0.4, 0.5) is 5.69 Å². The lowest BCUT2D eigenvalue weighted by Gasteiger charge is -2.10. The number of aromatic nitrogens is 2. The number of anilines is 1. The molecule has 5 nitrogen and oxygen atoms in total. The molecule has 1 heterocycles. The molecule has 0 saturated carbocycles. The molecule has 1 amide bonds. The number of thioether (sulfide) groups is 1. The van der Waals surface area contributed by atoms with Crippen molar-refractivity contribution < 1.29 is 9.53 Å². The zero-order chi connectivity index (χ0) is 17.6. The van der Waals surface area contributed by atoms with E-state index in [0.717, 1.165) is 10.8 Å². The number of ether oxygens (including phenoxy) is 1. The minimum atomic E-state index is -0.103. The van der Waals surface area contributed by atoms with Crippen molar-refractivity contribution in [2.45, 2.75) is 12.1 Å². The Hall–Kier alpha value is -2.73. The monoisotopic (exact) mass is 353 g/mol. The van der Waals surface area contributed by atoms with Crippen LogP contribution in [0.3, 0.4) is 0 Å². The van der Waals surface area contributed by atoms with Crippen LogP contribution in [0, 0.1) is 6.92 Å². The van der Waals surface area contributed by atoms with E-state index < -0.39 is 0 Å². The van der Waals surface area contributed by atoms with Gasteiger partial charge in [-0.25, -0.2) is 4.98 Å². The van der Waals surface area contributed by atoms with E-state index in [0.29, 0.717) is 11.4 Å². The first-order valence-electron chi connectivity index (χ1n) is 7.83. The lowest BCUT2D eigenvalue weighted by molar-refractivity contribution is -0.113. The number of carbonyl (C=O) groups is 1. The van der Waals surface area contributed by atoms with Gasteiger partial charge >= 0.3 is 0 Å². The quantitative estimate of drug-likeness (QED) is 0.683. The van der Waals surface area contributed by atoms with Gasteiger partial charge in [-0.3, -0.25) is 9.36 Å². The van der Waals surface area contributed by atoms with Gasteiger partial charge in [0, 0.05) is 18.1 Å². The third-order valence-corrected chi connectivity index (χ3v) is 4.57. The predicted octanol–water partition coefficient (Wildman–Crippen LogP) is 3.92. The van der Waals surface area contributed by atoms with E-state index >= 15 is 0 Å². The van der Waals surface area contributed by atoms with Crippen LogP contribution >= 0.6 is 11.8 Å². The normalized spacial score (nSPS) is 10.5. The van der Waals surface area contributed by atoms with Crippen molar-refractivity contribution in [2.24, 2.45) is 0 Å². The SMILES string of the molecule is COc1ccccc1NC(=O)CSc1nccn1-c1cccc(C)c1. The summed E-state index contributed by atoms with van der Waals surface area (Å²) in [6, 6.07) is 15.5. The highest BCUT2D eigenvalue weighted by Gasteiger charge is 2.11. The molecule has 0 aliphatic rings. The maximum atomic E-state index is 12.3. The Morgan fingerprint density at radius 1 is 1.24 bits per heavy atom. The molecule has 0 bridgehead atoms. The third kappa shape index (κ3) is 4.22. The second kappa shape index (κ2) is 7.90. The Balaban J connectivity index is 1.66. The summed E-state index contributed by atoms with van der Waals surface area (Å²) in [6.07, 6.45) is 3.64. The first kappa shape index (κ1) is 17.1. The van der Waals surface area contributed by atoms with Crippen molar-refractivity contribution >= 4 is 23.4 Å². The van der Waals surface area contributed by atoms with E-state index in [9.17, 15) is 4.79 Å². The second-order valence-electron chi connectivity index (χ2n) is 5.46. The van der Waals surface area contributed by atoms with Crippen molar-refractivity contribution in [1.29, 1.82) is 0 Å². The molecular weight excluding hydrogens is 334 g/mol. The number of nitrogens with one attached hydrogen (secondary N) is 1. The topological polar surface area (TPSA) is 56.1 Å². The molecule has 1 aromatic heterocycles. The molecule has 0 radical (unpaired) electrons. The fraction of sp³-hybridized carbons (Fsp3) is 0.158. The van der Waals surface area contributed by atoms with Gasteiger partial charge in [0.1, 0.15) is 5.75 Å². The maximum Gasteiger partial charge on any atom is 0.234 e. The number of rotatable bonds is 6. The molecule has 0 saturated heterocycles. The van der Waals surface area contributed by atoms with Crippen LogP contribution < -0.4 is 10.1 Å². The Morgan fingerprint density at radius 2 is 2.08 bits per heavy atom. The Kier molecular flexibility index (Phi) is 5.40. The first-order valence-corrected chi connectivity index (χ1v) is 8.82. The van der Waals surface area contributed by atoms with E-state index in [1.807, 2.05) is 60.2 Å². The standard InChI is InChI=1S/C19H19N3O2S/c1-14-6-5-7-15(12-14)22-11-10-20-19(22)25-13-18(23)21-16-8-3-4-9-17(16)24-2/h3-12H,13H2,1-2H3,(H,21,23). The van der Waals surface area contributed by atoms with E-state index in [2.05, 4.69) is 16.4 Å². The highest BCUT2D eigenvalue weighted by Crippen LogP contribution is 2.24. The number of methoxy groups -OCH3 is 1. The summed E-state index contributed by atoms with van der Waals surface area (Å²) in [7, 11) is 1.58. The van der Waals surface area contributed by atoms with E-state index in [1.165, 1.54) is 17.3 Å². The number of aryl methyl sites for hydroxylation is 1. The molecule has 3 rings (SSSR count). The summed E-state index contributed by atoms with van der Waals surface area (Å²) in [5.74, 6) is 0.802. The molecule has 128 valence electrons. The second-order valence-corrected chi connectivity index (χ2v) is 6.40. The van der Waals surface area contributed by atoms with E-state index in [4.69, 9.17) is 4.74 Å². The number of hydrogen-bond donors (Lipinski definition) is 1. The van der Waals surface area contributed by atoms with Crippen LogP contribution in [0.25, 0.3) is 5.69 Å². The Labute approximate surface area is 151 Å². The molecule has 0 unspecified atom stereocenters. The minimum absolute atomic E-state index is 0.103. The van der Waals surface area contributed by atoms with Gasteiger partial charge in [0.15, 0.2) is 5.16 Å². The largest absolute Gasteiger partial charge is 0.495 e. The van der Waals surface area contributed by atoms with Crippen molar-refractivity contribution in [1.82, 2.24) is 9.55 Å². The third-order valence-electron chi connectivity index (χ3n) is 3.60. The molecule has 1 N–H and O–H groups in total. The van der Waals surface area contributed by atoms with Gasteiger partial charge in [-0.05, 0) is 36.8 Å². The Bertz CT molecular complexity index is 876. The zero-order valence-corrected chi connectivity index (χ0v) is 14.9. The zero-order valence-electron chi connectivity index (χ0n) is 14.1. The number of carbonyl (C=O) groups excluding carboxylic acids is 1. The van der Waals surface area contributed by atoms with Crippen LogP contribution in [0.5, 0.6) is 5.75 Å². The molecule has 25 heavy (non-hydrogen) atoms. The fourth-order valence-corrected chi connectivity index (χ4v) is 3.21. The first-order chi connectivity index (χ1) is 12.2. The number of hydrogen-bond acceptors (Lipinski definition) is 4. The molecular formula is C19H19N3O2S. The predicted molar refractivity (Wildman–Crippen MR) is 101 cm³/mol. The van der Waals surface area contributed by atoms with Crippen molar-refractivity contribution in [3.8, 4) is 11.4 Å². The number of amides is 1. The lowest BCUT2D eigenvalue weighted by atomic mass is 10.2. The van der Waals surface area contributed by atoms with Crippen LogP contribution in [0.1, 0.15) is 5.56 Å². The van der Waals surface area contributed by atoms with Crippen molar-refractivity contribution in [3.63, 3.8) is 0 Å².